The maximum atomic E-state index is 6.48. The molecule has 6 rings (SSSR count). The SMILES string of the molecule is COC1CC=C(C#Cc2ccc3cc4ccc(OCc5ccccc5)c(OCc5ccccc5)c4cc3c2)CC1. The maximum Gasteiger partial charge on any atom is 0.169 e. The van der Waals surface area contributed by atoms with Gasteiger partial charge in [-0.05, 0) is 82.5 Å². The first-order valence-electron chi connectivity index (χ1n) is 13.8. The standard InChI is InChI=1S/C37H32O3/c1-38-34-19-15-27(16-20-34)12-13-28-14-17-31-23-32-18-21-36(39-25-29-8-4-2-5-9-29)37(35(32)24-33(31)22-28)40-26-30-10-6-3-7-11-30/h2-11,14-15,17-18,21-24,34H,16,19-20,25-26H2,1H3. The highest BCUT2D eigenvalue weighted by molar-refractivity contribution is 6.02. The highest BCUT2D eigenvalue weighted by Crippen LogP contribution is 2.39. The molecule has 5 aromatic rings. The van der Waals surface area contributed by atoms with Crippen LogP contribution < -0.4 is 9.47 Å². The van der Waals surface area contributed by atoms with Crippen molar-refractivity contribution in [2.75, 3.05) is 7.11 Å². The Morgan fingerprint density at radius 2 is 1.43 bits per heavy atom. The number of benzene rings is 5. The molecule has 3 nitrogen and oxygen atoms in total. The summed E-state index contributed by atoms with van der Waals surface area (Å²) in [7, 11) is 1.78. The summed E-state index contributed by atoms with van der Waals surface area (Å²) >= 11 is 0. The van der Waals surface area contributed by atoms with Gasteiger partial charge in [-0.2, -0.15) is 0 Å². The minimum atomic E-state index is 0.319. The number of ether oxygens (including phenoxy) is 3. The molecule has 198 valence electrons. The van der Waals surface area contributed by atoms with Gasteiger partial charge >= 0.3 is 0 Å². The monoisotopic (exact) mass is 524 g/mol. The molecule has 1 unspecified atom stereocenters. The van der Waals surface area contributed by atoms with E-state index in [1.54, 1.807) is 7.11 Å². The lowest BCUT2D eigenvalue weighted by molar-refractivity contribution is 0.0946. The van der Waals surface area contributed by atoms with E-state index in [9.17, 15) is 0 Å². The van der Waals surface area contributed by atoms with Crippen molar-refractivity contribution < 1.29 is 14.2 Å². The summed E-state index contributed by atoms with van der Waals surface area (Å²) in [4.78, 5) is 0. The highest BCUT2D eigenvalue weighted by Gasteiger charge is 2.14. The van der Waals surface area contributed by atoms with Gasteiger partial charge in [0.2, 0.25) is 0 Å². The van der Waals surface area contributed by atoms with Crippen LogP contribution in [-0.2, 0) is 18.0 Å². The summed E-state index contributed by atoms with van der Waals surface area (Å²) in [5.41, 5.74) is 4.43. The Labute approximate surface area is 236 Å². The molecule has 0 heterocycles. The molecule has 0 N–H and O–H groups in total. The molecule has 0 amide bonds. The Kier molecular flexibility index (Phi) is 7.80. The zero-order chi connectivity index (χ0) is 27.1. The van der Waals surface area contributed by atoms with Gasteiger partial charge in [0, 0.05) is 18.1 Å². The number of fused-ring (bicyclic) bond motifs is 2. The smallest absolute Gasteiger partial charge is 0.169 e. The van der Waals surface area contributed by atoms with Gasteiger partial charge in [-0.25, -0.2) is 0 Å². The molecular weight excluding hydrogens is 492 g/mol. The first-order chi connectivity index (χ1) is 19.7. The van der Waals surface area contributed by atoms with Gasteiger partial charge < -0.3 is 14.2 Å². The summed E-state index contributed by atoms with van der Waals surface area (Å²) in [6.45, 7) is 0.937. The average Bonchev–Trinajstić information content (AvgIpc) is 3.02. The van der Waals surface area contributed by atoms with Crippen molar-refractivity contribution >= 4 is 21.5 Å². The van der Waals surface area contributed by atoms with Gasteiger partial charge in [0.25, 0.3) is 0 Å². The predicted molar refractivity (Wildman–Crippen MR) is 163 cm³/mol. The Hall–Kier alpha value is -4.52. The molecule has 1 atom stereocenters. The van der Waals surface area contributed by atoms with Crippen molar-refractivity contribution in [3.05, 3.63) is 131 Å². The minimum absolute atomic E-state index is 0.319. The fourth-order valence-corrected chi connectivity index (χ4v) is 5.12. The van der Waals surface area contributed by atoms with E-state index in [1.165, 1.54) is 11.0 Å². The van der Waals surface area contributed by atoms with Gasteiger partial charge in [-0.3, -0.25) is 0 Å². The molecular formula is C37H32O3. The molecule has 0 fully saturated rings. The van der Waals surface area contributed by atoms with Crippen LogP contribution in [0, 0.1) is 11.8 Å². The van der Waals surface area contributed by atoms with Crippen molar-refractivity contribution in [1.29, 1.82) is 0 Å². The Morgan fingerprint density at radius 3 is 2.12 bits per heavy atom. The summed E-state index contributed by atoms with van der Waals surface area (Å²) in [6, 6.07) is 35.4. The van der Waals surface area contributed by atoms with Crippen LogP contribution in [0.2, 0.25) is 0 Å². The molecule has 1 aliphatic rings. The molecule has 0 bridgehead atoms. The molecule has 5 aromatic carbocycles. The summed E-state index contributed by atoms with van der Waals surface area (Å²) in [5.74, 6) is 8.27. The normalized spacial score (nSPS) is 14.8. The zero-order valence-electron chi connectivity index (χ0n) is 22.7. The lowest BCUT2D eigenvalue weighted by Crippen LogP contribution is -2.13. The summed E-state index contributed by atoms with van der Waals surface area (Å²) in [6.07, 6.45) is 5.47. The van der Waals surface area contributed by atoms with E-state index < -0.39 is 0 Å². The van der Waals surface area contributed by atoms with Gasteiger partial charge in [-0.15, -0.1) is 0 Å². The molecule has 0 saturated carbocycles. The van der Waals surface area contributed by atoms with Crippen molar-refractivity contribution in [2.24, 2.45) is 0 Å². The third-order valence-corrected chi connectivity index (χ3v) is 7.42. The fraction of sp³-hybridized carbons (Fsp3) is 0.189. The van der Waals surface area contributed by atoms with E-state index in [-0.39, 0.29) is 0 Å². The number of rotatable bonds is 7. The number of allylic oxidation sites excluding steroid dienone is 1. The number of hydrogen-bond acceptors (Lipinski definition) is 3. The highest BCUT2D eigenvalue weighted by atomic mass is 16.5. The van der Waals surface area contributed by atoms with Gasteiger partial charge in [0.15, 0.2) is 11.5 Å². The van der Waals surface area contributed by atoms with E-state index in [0.717, 1.165) is 63.6 Å². The van der Waals surface area contributed by atoms with E-state index in [1.807, 2.05) is 42.5 Å². The molecule has 1 aliphatic carbocycles. The van der Waals surface area contributed by atoms with Gasteiger partial charge in [0.1, 0.15) is 13.2 Å². The van der Waals surface area contributed by atoms with Crippen LogP contribution in [0.25, 0.3) is 21.5 Å². The van der Waals surface area contributed by atoms with E-state index in [0.29, 0.717) is 19.3 Å². The third kappa shape index (κ3) is 6.04. The number of hydrogen-bond donors (Lipinski definition) is 0. The third-order valence-electron chi connectivity index (χ3n) is 7.42. The molecule has 0 aliphatic heterocycles. The maximum absolute atomic E-state index is 6.48. The Morgan fingerprint density at radius 1 is 0.700 bits per heavy atom. The first-order valence-corrected chi connectivity index (χ1v) is 13.8. The van der Waals surface area contributed by atoms with E-state index >= 15 is 0 Å². The Balaban J connectivity index is 1.35. The topological polar surface area (TPSA) is 27.7 Å². The second kappa shape index (κ2) is 12.1. The molecule has 0 aromatic heterocycles. The second-order valence-corrected chi connectivity index (χ2v) is 10.2. The molecule has 0 spiro atoms. The van der Waals surface area contributed by atoms with E-state index in [4.69, 9.17) is 14.2 Å². The van der Waals surface area contributed by atoms with Crippen molar-refractivity contribution in [2.45, 2.75) is 38.6 Å². The van der Waals surface area contributed by atoms with Crippen LogP contribution in [0.4, 0.5) is 0 Å². The summed E-state index contributed by atoms with van der Waals surface area (Å²) in [5, 5.41) is 4.44. The molecule has 40 heavy (non-hydrogen) atoms. The summed E-state index contributed by atoms with van der Waals surface area (Å²) < 4.78 is 18.3. The van der Waals surface area contributed by atoms with Crippen LogP contribution >= 0.6 is 0 Å². The van der Waals surface area contributed by atoms with Crippen LogP contribution in [-0.4, -0.2) is 13.2 Å². The van der Waals surface area contributed by atoms with Crippen molar-refractivity contribution in [3.63, 3.8) is 0 Å². The zero-order valence-corrected chi connectivity index (χ0v) is 22.7. The first kappa shape index (κ1) is 25.7. The van der Waals surface area contributed by atoms with Crippen LogP contribution in [0.15, 0.2) is 115 Å². The number of methoxy groups -OCH3 is 1. The lowest BCUT2D eigenvalue weighted by atomic mass is 9.97. The quantitative estimate of drug-likeness (QED) is 0.158. The van der Waals surface area contributed by atoms with E-state index in [2.05, 4.69) is 78.6 Å². The average molecular weight is 525 g/mol. The Bertz CT molecular complexity index is 1710. The minimum Gasteiger partial charge on any atom is -0.485 e. The molecule has 0 saturated heterocycles. The molecule has 3 heteroatoms. The van der Waals surface area contributed by atoms with Crippen molar-refractivity contribution in [1.82, 2.24) is 0 Å². The van der Waals surface area contributed by atoms with Crippen LogP contribution in [0.5, 0.6) is 11.5 Å². The second-order valence-electron chi connectivity index (χ2n) is 10.2. The van der Waals surface area contributed by atoms with Crippen LogP contribution in [0.3, 0.4) is 0 Å². The van der Waals surface area contributed by atoms with Crippen molar-refractivity contribution in [3.8, 4) is 23.3 Å². The predicted octanol–water partition coefficient (Wildman–Crippen LogP) is 8.63. The molecule has 0 radical (unpaired) electrons. The largest absolute Gasteiger partial charge is 0.485 e. The fourth-order valence-electron chi connectivity index (χ4n) is 5.12. The van der Waals surface area contributed by atoms with Gasteiger partial charge in [-0.1, -0.05) is 90.7 Å². The van der Waals surface area contributed by atoms with Gasteiger partial charge in [0.05, 0.1) is 6.10 Å². The lowest BCUT2D eigenvalue weighted by Gasteiger charge is -2.17. The van der Waals surface area contributed by atoms with Crippen LogP contribution in [0.1, 0.15) is 36.0 Å².